The minimum absolute atomic E-state index is 0.177. The van der Waals surface area contributed by atoms with Crippen molar-refractivity contribution >= 4 is 29.2 Å². The Hall–Kier alpha value is -2.38. The molecule has 0 bridgehead atoms. The van der Waals surface area contributed by atoms with Gasteiger partial charge in [0.25, 0.3) is 0 Å². The summed E-state index contributed by atoms with van der Waals surface area (Å²) in [5.41, 5.74) is 2.06. The molecule has 1 aliphatic rings. The molecule has 210 valence electrons. The molecule has 8 heteroatoms. The van der Waals surface area contributed by atoms with E-state index < -0.39 is 11.7 Å². The van der Waals surface area contributed by atoms with Gasteiger partial charge in [0.2, 0.25) is 0 Å². The Bertz CT molecular complexity index is 1220. The van der Waals surface area contributed by atoms with Crippen LogP contribution < -0.4 is 0 Å². The summed E-state index contributed by atoms with van der Waals surface area (Å²) in [4.78, 5) is 14.9. The Labute approximate surface area is 241 Å². The fourth-order valence-electron chi connectivity index (χ4n) is 5.92. The van der Waals surface area contributed by atoms with Gasteiger partial charge >= 0.3 is 5.97 Å². The standard InChI is InChI=1S/C31H39Cl2N3O3/c1-4-31(38,5-2)24-14-18-35(19-15-24)20-16-26(23-11-12-27(32)28(33)21-23)30(39-22(3)37)29-13-17-34-36(29)25-9-7-6-8-10-25/h6-13,17,21,24,26,30,38H,4-5,14-16,18-20H2,1-3H3. The molecule has 39 heavy (non-hydrogen) atoms. The number of piperidine rings is 1. The van der Waals surface area contributed by atoms with Gasteiger partial charge in [-0.3, -0.25) is 4.79 Å². The van der Waals surface area contributed by atoms with E-state index >= 15 is 0 Å². The summed E-state index contributed by atoms with van der Waals surface area (Å²) in [6.07, 6.45) is 5.42. The van der Waals surface area contributed by atoms with Crippen molar-refractivity contribution in [3.8, 4) is 5.69 Å². The summed E-state index contributed by atoms with van der Waals surface area (Å²) in [5, 5.41) is 16.6. The summed E-state index contributed by atoms with van der Waals surface area (Å²) in [6, 6.07) is 17.4. The van der Waals surface area contributed by atoms with Gasteiger partial charge in [0.1, 0.15) is 0 Å². The highest BCUT2D eigenvalue weighted by molar-refractivity contribution is 6.42. The topological polar surface area (TPSA) is 67.6 Å². The first-order valence-electron chi connectivity index (χ1n) is 13.9. The van der Waals surface area contributed by atoms with E-state index in [-0.39, 0.29) is 11.9 Å². The van der Waals surface area contributed by atoms with E-state index in [1.54, 1.807) is 12.3 Å². The molecule has 0 amide bonds. The van der Waals surface area contributed by atoms with Gasteiger partial charge in [-0.25, -0.2) is 4.68 Å². The molecule has 1 aliphatic heterocycles. The van der Waals surface area contributed by atoms with Crippen molar-refractivity contribution in [2.45, 2.75) is 70.5 Å². The Morgan fingerprint density at radius 1 is 1.08 bits per heavy atom. The monoisotopic (exact) mass is 571 g/mol. The Morgan fingerprint density at radius 3 is 2.38 bits per heavy atom. The van der Waals surface area contributed by atoms with Crippen molar-refractivity contribution < 1.29 is 14.6 Å². The third kappa shape index (κ3) is 7.04. The van der Waals surface area contributed by atoms with Gasteiger partial charge in [-0.05, 0) is 93.6 Å². The number of benzene rings is 2. The second-order valence-corrected chi connectivity index (χ2v) is 11.3. The van der Waals surface area contributed by atoms with Crippen LogP contribution in [0.3, 0.4) is 0 Å². The Kier molecular flexibility index (Phi) is 10.1. The zero-order valence-corrected chi connectivity index (χ0v) is 24.5. The van der Waals surface area contributed by atoms with E-state index in [0.29, 0.717) is 16.0 Å². The van der Waals surface area contributed by atoms with Gasteiger partial charge < -0.3 is 14.7 Å². The van der Waals surface area contributed by atoms with Crippen LogP contribution in [0.4, 0.5) is 0 Å². The third-order valence-electron chi connectivity index (χ3n) is 8.32. The zero-order chi connectivity index (χ0) is 28.0. The highest BCUT2D eigenvalue weighted by atomic mass is 35.5. The fourth-order valence-corrected chi connectivity index (χ4v) is 6.23. The summed E-state index contributed by atoms with van der Waals surface area (Å²) in [7, 11) is 0. The molecule has 1 saturated heterocycles. The first-order chi connectivity index (χ1) is 18.8. The predicted octanol–water partition coefficient (Wildman–Crippen LogP) is 7.22. The number of hydrogen-bond acceptors (Lipinski definition) is 5. The summed E-state index contributed by atoms with van der Waals surface area (Å²) >= 11 is 12.7. The number of rotatable bonds is 11. The average Bonchev–Trinajstić information content (AvgIpc) is 3.44. The van der Waals surface area contributed by atoms with E-state index in [9.17, 15) is 9.90 Å². The van der Waals surface area contributed by atoms with Crippen LogP contribution in [0.5, 0.6) is 0 Å². The normalized spacial score (nSPS) is 16.7. The van der Waals surface area contributed by atoms with Gasteiger partial charge in [0.05, 0.1) is 27.0 Å². The van der Waals surface area contributed by atoms with Gasteiger partial charge in [-0.15, -0.1) is 0 Å². The molecule has 1 aromatic heterocycles. The Balaban J connectivity index is 1.62. The van der Waals surface area contributed by atoms with Crippen LogP contribution in [-0.4, -0.2) is 51.0 Å². The number of carbonyl (C=O) groups excluding carboxylic acids is 1. The molecule has 2 aromatic carbocycles. The van der Waals surface area contributed by atoms with Crippen molar-refractivity contribution in [2.24, 2.45) is 5.92 Å². The molecule has 6 nitrogen and oxygen atoms in total. The quantitative estimate of drug-likeness (QED) is 0.246. The lowest BCUT2D eigenvalue weighted by Gasteiger charge is -2.41. The number of aliphatic hydroxyl groups is 1. The number of para-hydroxylation sites is 1. The molecule has 0 saturated carbocycles. The van der Waals surface area contributed by atoms with Crippen molar-refractivity contribution in [3.05, 3.63) is 82.1 Å². The van der Waals surface area contributed by atoms with Gasteiger partial charge in [-0.2, -0.15) is 5.10 Å². The van der Waals surface area contributed by atoms with Crippen LogP contribution in [0.15, 0.2) is 60.8 Å². The number of likely N-dealkylation sites (tertiary alicyclic amines) is 1. The lowest BCUT2D eigenvalue weighted by molar-refractivity contribution is -0.148. The van der Waals surface area contributed by atoms with Crippen LogP contribution in [0.2, 0.25) is 10.0 Å². The lowest BCUT2D eigenvalue weighted by Crippen LogP contribution is -2.45. The number of hydrogen-bond donors (Lipinski definition) is 1. The van der Waals surface area contributed by atoms with E-state index in [1.807, 2.05) is 53.2 Å². The highest BCUT2D eigenvalue weighted by Crippen LogP contribution is 2.40. The molecule has 0 spiro atoms. The molecular weight excluding hydrogens is 533 g/mol. The van der Waals surface area contributed by atoms with Gasteiger partial charge in [0.15, 0.2) is 6.10 Å². The van der Waals surface area contributed by atoms with E-state index in [4.69, 9.17) is 27.9 Å². The molecule has 4 rings (SSSR count). The first-order valence-corrected chi connectivity index (χ1v) is 14.7. The van der Waals surface area contributed by atoms with Crippen molar-refractivity contribution in [3.63, 3.8) is 0 Å². The van der Waals surface area contributed by atoms with Crippen LogP contribution in [0, 0.1) is 5.92 Å². The fraction of sp³-hybridized carbons (Fsp3) is 0.484. The van der Waals surface area contributed by atoms with Crippen molar-refractivity contribution in [2.75, 3.05) is 19.6 Å². The number of carbonyl (C=O) groups is 1. The highest BCUT2D eigenvalue weighted by Gasteiger charge is 2.36. The molecule has 2 unspecified atom stereocenters. The maximum Gasteiger partial charge on any atom is 0.303 e. The number of aromatic nitrogens is 2. The lowest BCUT2D eigenvalue weighted by atomic mass is 9.77. The summed E-state index contributed by atoms with van der Waals surface area (Å²) < 4.78 is 7.88. The number of nitrogens with zero attached hydrogens (tertiary/aromatic N) is 3. The zero-order valence-electron chi connectivity index (χ0n) is 23.0. The van der Waals surface area contributed by atoms with Gasteiger partial charge in [-0.1, -0.05) is 61.3 Å². The number of halogens is 2. The van der Waals surface area contributed by atoms with Crippen LogP contribution in [0.25, 0.3) is 5.69 Å². The molecule has 1 N–H and O–H groups in total. The molecule has 2 heterocycles. The van der Waals surface area contributed by atoms with E-state index in [0.717, 1.165) is 68.7 Å². The second kappa shape index (κ2) is 13.3. The number of ether oxygens (including phenoxy) is 1. The van der Waals surface area contributed by atoms with Crippen molar-refractivity contribution in [1.82, 2.24) is 14.7 Å². The van der Waals surface area contributed by atoms with Gasteiger partial charge in [0, 0.05) is 19.0 Å². The number of esters is 1. The summed E-state index contributed by atoms with van der Waals surface area (Å²) in [6.45, 7) is 8.28. The molecule has 0 radical (unpaired) electrons. The minimum Gasteiger partial charge on any atom is -0.455 e. The van der Waals surface area contributed by atoms with Crippen LogP contribution in [-0.2, 0) is 9.53 Å². The summed E-state index contributed by atoms with van der Waals surface area (Å²) in [5.74, 6) is -0.211. The first kappa shape index (κ1) is 29.6. The molecule has 0 aliphatic carbocycles. The van der Waals surface area contributed by atoms with Crippen LogP contribution >= 0.6 is 23.2 Å². The smallest absolute Gasteiger partial charge is 0.303 e. The molecule has 3 aromatic rings. The van der Waals surface area contributed by atoms with Crippen molar-refractivity contribution in [1.29, 1.82) is 0 Å². The predicted molar refractivity (Wildman–Crippen MR) is 157 cm³/mol. The maximum absolute atomic E-state index is 12.4. The second-order valence-electron chi connectivity index (χ2n) is 10.5. The van der Waals surface area contributed by atoms with E-state index in [2.05, 4.69) is 23.8 Å². The molecule has 2 atom stereocenters. The van der Waals surface area contributed by atoms with E-state index in [1.165, 1.54) is 6.92 Å². The molecular formula is C31H39Cl2N3O3. The maximum atomic E-state index is 12.4. The third-order valence-corrected chi connectivity index (χ3v) is 9.06. The average molecular weight is 573 g/mol. The molecule has 1 fully saturated rings. The SMILES string of the molecule is CCC(O)(CC)C1CCN(CCC(c2ccc(Cl)c(Cl)c2)C(OC(C)=O)c2ccnn2-c2ccccc2)CC1. The Morgan fingerprint density at radius 2 is 1.77 bits per heavy atom. The van der Waals surface area contributed by atoms with Crippen LogP contribution in [0.1, 0.15) is 76.2 Å². The minimum atomic E-state index is -0.578. The largest absolute Gasteiger partial charge is 0.455 e.